The molecule has 2 N–H and O–H groups in total. The van der Waals surface area contributed by atoms with Crippen molar-refractivity contribution in [3.8, 4) is 0 Å². The van der Waals surface area contributed by atoms with Gasteiger partial charge in [0, 0.05) is 29.0 Å². The highest BCUT2D eigenvalue weighted by molar-refractivity contribution is 9.10. The van der Waals surface area contributed by atoms with Crippen molar-refractivity contribution in [1.29, 1.82) is 0 Å². The molecular weight excluding hydrogens is 270 g/mol. The lowest BCUT2D eigenvalue weighted by molar-refractivity contribution is 0.103. The molecule has 0 spiro atoms. The van der Waals surface area contributed by atoms with Gasteiger partial charge in [-0.25, -0.2) is 0 Å². The molecule has 0 saturated carbocycles. The molecule has 1 aromatic carbocycles. The van der Waals surface area contributed by atoms with Gasteiger partial charge in [-0.2, -0.15) is 5.10 Å². The van der Waals surface area contributed by atoms with E-state index in [1.807, 2.05) is 0 Å². The second kappa shape index (κ2) is 4.09. The van der Waals surface area contributed by atoms with E-state index in [0.29, 0.717) is 21.4 Å². The molecule has 0 unspecified atom stereocenters. The number of ketones is 1. The zero-order chi connectivity index (χ0) is 11.7. The van der Waals surface area contributed by atoms with Crippen LogP contribution >= 0.6 is 15.9 Å². The molecule has 0 aliphatic carbocycles. The fourth-order valence-corrected chi connectivity index (χ4v) is 1.73. The molecule has 0 bridgehead atoms. The van der Waals surface area contributed by atoms with Gasteiger partial charge in [0.25, 0.3) is 0 Å². The van der Waals surface area contributed by atoms with E-state index in [1.54, 1.807) is 42.2 Å². The van der Waals surface area contributed by atoms with Crippen LogP contribution in [-0.2, 0) is 7.05 Å². The molecule has 1 aromatic heterocycles. The third-order valence-electron chi connectivity index (χ3n) is 2.21. The maximum atomic E-state index is 12.0. The van der Waals surface area contributed by atoms with Crippen molar-refractivity contribution in [3.05, 3.63) is 46.2 Å². The number of nitrogen functional groups attached to an aromatic ring is 1. The van der Waals surface area contributed by atoms with E-state index in [4.69, 9.17) is 5.73 Å². The fourth-order valence-electron chi connectivity index (χ4n) is 1.35. The number of benzene rings is 1. The van der Waals surface area contributed by atoms with Crippen molar-refractivity contribution < 1.29 is 4.79 Å². The predicted molar refractivity (Wildman–Crippen MR) is 65.2 cm³/mol. The average molecular weight is 280 g/mol. The first-order valence-corrected chi connectivity index (χ1v) is 5.46. The Labute approximate surface area is 101 Å². The summed E-state index contributed by atoms with van der Waals surface area (Å²) in [6.45, 7) is 0. The Morgan fingerprint density at radius 3 is 2.75 bits per heavy atom. The van der Waals surface area contributed by atoms with Gasteiger partial charge >= 0.3 is 0 Å². The molecule has 0 fully saturated rings. The lowest BCUT2D eigenvalue weighted by atomic mass is 10.1. The Morgan fingerprint density at radius 1 is 1.44 bits per heavy atom. The number of hydrogen-bond donors (Lipinski definition) is 1. The maximum absolute atomic E-state index is 12.0. The van der Waals surface area contributed by atoms with E-state index >= 15 is 0 Å². The summed E-state index contributed by atoms with van der Waals surface area (Å²) in [5.41, 5.74) is 7.26. The van der Waals surface area contributed by atoms with Gasteiger partial charge in [-0.1, -0.05) is 0 Å². The topological polar surface area (TPSA) is 60.9 Å². The van der Waals surface area contributed by atoms with Gasteiger partial charge in [0.05, 0.1) is 0 Å². The maximum Gasteiger partial charge on any atom is 0.213 e. The first-order valence-electron chi connectivity index (χ1n) is 4.67. The molecule has 0 aliphatic rings. The van der Waals surface area contributed by atoms with Gasteiger partial charge in [-0.15, -0.1) is 0 Å². The highest BCUT2D eigenvalue weighted by atomic mass is 79.9. The first kappa shape index (κ1) is 10.9. The SMILES string of the molecule is Cn1ccc(C(=O)c2ccc(N)c(Br)c2)n1. The van der Waals surface area contributed by atoms with Crippen molar-refractivity contribution >= 4 is 27.4 Å². The predicted octanol–water partition coefficient (Wildman–Crippen LogP) is 2.00. The molecule has 2 rings (SSSR count). The van der Waals surface area contributed by atoms with E-state index in [1.165, 1.54) is 0 Å². The summed E-state index contributed by atoms with van der Waals surface area (Å²) in [5, 5.41) is 4.06. The fraction of sp³-hybridized carbons (Fsp3) is 0.0909. The zero-order valence-electron chi connectivity index (χ0n) is 8.64. The number of nitrogens with zero attached hydrogens (tertiary/aromatic N) is 2. The van der Waals surface area contributed by atoms with Crippen LogP contribution in [0.5, 0.6) is 0 Å². The number of carbonyl (C=O) groups is 1. The summed E-state index contributed by atoms with van der Waals surface area (Å²) in [6, 6.07) is 6.77. The van der Waals surface area contributed by atoms with E-state index in [-0.39, 0.29) is 5.78 Å². The Hall–Kier alpha value is -1.62. The zero-order valence-corrected chi connectivity index (χ0v) is 10.2. The second-order valence-electron chi connectivity index (χ2n) is 3.44. The Balaban J connectivity index is 2.38. The van der Waals surface area contributed by atoms with E-state index in [9.17, 15) is 4.79 Å². The minimum atomic E-state index is -0.110. The average Bonchev–Trinajstić information content (AvgIpc) is 2.68. The van der Waals surface area contributed by atoms with Gasteiger partial charge in [-0.3, -0.25) is 9.48 Å². The summed E-state index contributed by atoms with van der Waals surface area (Å²) in [7, 11) is 1.77. The van der Waals surface area contributed by atoms with Gasteiger partial charge in [0.2, 0.25) is 5.78 Å². The molecule has 0 atom stereocenters. The molecular formula is C11H10BrN3O. The van der Waals surface area contributed by atoms with Crippen molar-refractivity contribution in [3.63, 3.8) is 0 Å². The van der Waals surface area contributed by atoms with E-state index in [0.717, 1.165) is 0 Å². The van der Waals surface area contributed by atoms with Crippen LogP contribution in [-0.4, -0.2) is 15.6 Å². The lowest BCUT2D eigenvalue weighted by Crippen LogP contribution is -2.04. The van der Waals surface area contributed by atoms with Crippen molar-refractivity contribution in [2.45, 2.75) is 0 Å². The number of rotatable bonds is 2. The van der Waals surface area contributed by atoms with Crippen LogP contribution in [0.1, 0.15) is 16.1 Å². The summed E-state index contributed by atoms with van der Waals surface area (Å²) >= 11 is 3.29. The molecule has 5 heteroatoms. The standard InChI is InChI=1S/C11H10BrN3O/c1-15-5-4-10(14-15)11(16)7-2-3-9(13)8(12)6-7/h2-6H,13H2,1H3. The quantitative estimate of drug-likeness (QED) is 0.676. The second-order valence-corrected chi connectivity index (χ2v) is 4.29. The summed E-state index contributed by atoms with van der Waals surface area (Å²) in [6.07, 6.45) is 1.74. The Kier molecular flexibility index (Phi) is 2.78. The van der Waals surface area contributed by atoms with Crippen LogP contribution in [0.25, 0.3) is 0 Å². The van der Waals surface area contributed by atoms with Gasteiger partial charge in [0.1, 0.15) is 5.69 Å². The minimum Gasteiger partial charge on any atom is -0.398 e. The number of carbonyl (C=O) groups excluding carboxylic acids is 1. The molecule has 0 radical (unpaired) electrons. The van der Waals surface area contributed by atoms with Crippen LogP contribution < -0.4 is 5.73 Å². The van der Waals surface area contributed by atoms with E-state index < -0.39 is 0 Å². The third kappa shape index (κ3) is 1.99. The molecule has 0 aliphatic heterocycles. The number of nitrogens with two attached hydrogens (primary N) is 1. The summed E-state index contributed by atoms with van der Waals surface area (Å²) < 4.78 is 2.31. The van der Waals surface area contributed by atoms with E-state index in [2.05, 4.69) is 21.0 Å². The van der Waals surface area contributed by atoms with Gasteiger partial charge in [0.15, 0.2) is 0 Å². The highest BCUT2D eigenvalue weighted by Gasteiger charge is 2.12. The van der Waals surface area contributed by atoms with Crippen molar-refractivity contribution in [2.75, 3.05) is 5.73 Å². The highest BCUT2D eigenvalue weighted by Crippen LogP contribution is 2.21. The van der Waals surface area contributed by atoms with Crippen molar-refractivity contribution in [1.82, 2.24) is 9.78 Å². The molecule has 2 aromatic rings. The van der Waals surface area contributed by atoms with Crippen LogP contribution in [0, 0.1) is 0 Å². The monoisotopic (exact) mass is 279 g/mol. The number of hydrogen-bond acceptors (Lipinski definition) is 3. The summed E-state index contributed by atoms with van der Waals surface area (Å²) in [4.78, 5) is 12.0. The molecule has 16 heavy (non-hydrogen) atoms. The lowest BCUT2D eigenvalue weighted by Gasteiger charge is -2.01. The first-order chi connectivity index (χ1) is 7.58. The number of aryl methyl sites for hydroxylation is 1. The smallest absolute Gasteiger partial charge is 0.213 e. The molecule has 0 amide bonds. The summed E-state index contributed by atoms with van der Waals surface area (Å²) in [5.74, 6) is -0.110. The third-order valence-corrected chi connectivity index (χ3v) is 2.90. The number of halogens is 1. The molecule has 1 heterocycles. The molecule has 82 valence electrons. The molecule has 0 saturated heterocycles. The largest absolute Gasteiger partial charge is 0.398 e. The minimum absolute atomic E-state index is 0.110. The van der Waals surface area contributed by atoms with Crippen LogP contribution in [0.4, 0.5) is 5.69 Å². The number of aromatic nitrogens is 2. The Bertz CT molecular complexity index is 548. The Morgan fingerprint density at radius 2 is 2.19 bits per heavy atom. The normalized spacial score (nSPS) is 10.4. The van der Waals surface area contributed by atoms with Gasteiger partial charge in [-0.05, 0) is 40.2 Å². The van der Waals surface area contributed by atoms with Crippen molar-refractivity contribution in [2.24, 2.45) is 7.05 Å². The van der Waals surface area contributed by atoms with Crippen LogP contribution in [0.2, 0.25) is 0 Å². The van der Waals surface area contributed by atoms with Crippen LogP contribution in [0.3, 0.4) is 0 Å². The van der Waals surface area contributed by atoms with Gasteiger partial charge < -0.3 is 5.73 Å². The number of anilines is 1. The molecule has 4 nitrogen and oxygen atoms in total. The van der Waals surface area contributed by atoms with Crippen LogP contribution in [0.15, 0.2) is 34.9 Å².